The van der Waals surface area contributed by atoms with Gasteiger partial charge in [0.25, 0.3) is 10.0 Å². The van der Waals surface area contributed by atoms with Crippen LogP contribution in [-0.2, 0) is 14.8 Å². The molecule has 1 saturated carbocycles. The van der Waals surface area contributed by atoms with Crippen LogP contribution < -0.4 is 10.0 Å². The van der Waals surface area contributed by atoms with E-state index in [2.05, 4.69) is 15.0 Å². The van der Waals surface area contributed by atoms with Crippen molar-refractivity contribution in [3.8, 4) is 0 Å². The molecule has 0 saturated heterocycles. The fraction of sp³-hybridized carbons (Fsp3) is 0.556. The lowest BCUT2D eigenvalue weighted by Gasteiger charge is -2.25. The van der Waals surface area contributed by atoms with Crippen molar-refractivity contribution in [1.82, 2.24) is 10.0 Å². The summed E-state index contributed by atoms with van der Waals surface area (Å²) in [6.45, 7) is 3.84. The molecule has 1 aliphatic heterocycles. The molecule has 1 fully saturated rings. The van der Waals surface area contributed by atoms with Gasteiger partial charge in [-0.15, -0.1) is 0 Å². The van der Waals surface area contributed by atoms with Crippen molar-refractivity contribution >= 4 is 21.8 Å². The fourth-order valence-corrected chi connectivity index (χ4v) is 4.65. The number of nitrogens with zero attached hydrogens (tertiary/aromatic N) is 1. The summed E-state index contributed by atoms with van der Waals surface area (Å²) in [5.41, 5.74) is 0.526. The largest absolute Gasteiger partial charge is 0.352 e. The van der Waals surface area contributed by atoms with E-state index in [-0.39, 0.29) is 28.6 Å². The average Bonchev–Trinajstić information content (AvgIpc) is 2.84. The third kappa shape index (κ3) is 3.86. The Morgan fingerprint density at radius 3 is 2.56 bits per heavy atom. The lowest BCUT2D eigenvalue weighted by atomic mass is 9.94. The van der Waals surface area contributed by atoms with Crippen molar-refractivity contribution in [3.05, 3.63) is 29.8 Å². The molecule has 6 nitrogen and oxygen atoms in total. The molecule has 1 heterocycles. The molecule has 0 bridgehead atoms. The molecular weight excluding hydrogens is 338 g/mol. The minimum atomic E-state index is -3.59. The van der Waals surface area contributed by atoms with Gasteiger partial charge in [0, 0.05) is 11.6 Å². The molecule has 1 aliphatic carbocycles. The number of benzene rings is 1. The summed E-state index contributed by atoms with van der Waals surface area (Å²) < 4.78 is 26.9. The number of carbonyl (C=O) groups is 1. The maximum absolute atomic E-state index is 12.7. The summed E-state index contributed by atoms with van der Waals surface area (Å²) >= 11 is 0. The maximum atomic E-state index is 12.7. The van der Waals surface area contributed by atoms with E-state index in [0.29, 0.717) is 5.56 Å². The van der Waals surface area contributed by atoms with Crippen molar-refractivity contribution < 1.29 is 13.2 Å². The summed E-state index contributed by atoms with van der Waals surface area (Å²) in [7, 11) is -3.59. The molecule has 3 rings (SSSR count). The van der Waals surface area contributed by atoms with E-state index in [0.717, 1.165) is 25.7 Å². The Morgan fingerprint density at radius 2 is 1.88 bits per heavy atom. The van der Waals surface area contributed by atoms with Crippen LogP contribution in [0.1, 0.15) is 51.5 Å². The van der Waals surface area contributed by atoms with Crippen LogP contribution in [0.4, 0.5) is 0 Å². The molecule has 0 spiro atoms. The molecule has 2 N–H and O–H groups in total. The minimum Gasteiger partial charge on any atom is -0.352 e. The van der Waals surface area contributed by atoms with Gasteiger partial charge in [-0.1, -0.05) is 45.2 Å². The van der Waals surface area contributed by atoms with E-state index < -0.39 is 16.1 Å². The number of fused-ring (bicyclic) bond motifs is 1. The molecule has 1 atom stereocenters. The third-order valence-electron chi connectivity index (χ3n) is 4.78. The van der Waals surface area contributed by atoms with E-state index in [1.807, 2.05) is 13.8 Å². The quantitative estimate of drug-likeness (QED) is 0.860. The molecule has 1 unspecified atom stereocenters. The van der Waals surface area contributed by atoms with Crippen LogP contribution in [0.3, 0.4) is 0 Å². The first-order chi connectivity index (χ1) is 11.9. The van der Waals surface area contributed by atoms with Gasteiger partial charge in [0.15, 0.2) is 0 Å². The van der Waals surface area contributed by atoms with Crippen LogP contribution in [-0.4, -0.2) is 32.2 Å². The van der Waals surface area contributed by atoms with Crippen molar-refractivity contribution in [1.29, 1.82) is 0 Å². The van der Waals surface area contributed by atoms with Crippen LogP contribution >= 0.6 is 0 Å². The number of amidine groups is 1. The first kappa shape index (κ1) is 17.9. The monoisotopic (exact) mass is 363 g/mol. The lowest BCUT2D eigenvalue weighted by Crippen LogP contribution is -2.44. The van der Waals surface area contributed by atoms with Crippen molar-refractivity contribution in [2.75, 3.05) is 0 Å². The highest BCUT2D eigenvalue weighted by Crippen LogP contribution is 2.24. The maximum Gasteiger partial charge on any atom is 0.263 e. The van der Waals surface area contributed by atoms with Crippen LogP contribution in [0.2, 0.25) is 0 Å². The topological polar surface area (TPSA) is 87.6 Å². The molecule has 1 aromatic carbocycles. The Balaban J connectivity index is 1.84. The van der Waals surface area contributed by atoms with Gasteiger partial charge in [0.1, 0.15) is 11.9 Å². The van der Waals surface area contributed by atoms with Crippen molar-refractivity contribution in [2.45, 2.75) is 62.9 Å². The van der Waals surface area contributed by atoms with Gasteiger partial charge in [-0.25, -0.2) is 8.42 Å². The molecule has 2 aliphatic rings. The highest BCUT2D eigenvalue weighted by Gasteiger charge is 2.33. The highest BCUT2D eigenvalue weighted by molar-refractivity contribution is 7.90. The summed E-state index contributed by atoms with van der Waals surface area (Å²) in [6.07, 6.45) is 5.50. The van der Waals surface area contributed by atoms with E-state index in [1.54, 1.807) is 24.3 Å². The first-order valence-corrected chi connectivity index (χ1v) is 10.4. The van der Waals surface area contributed by atoms with Gasteiger partial charge in [0.2, 0.25) is 5.91 Å². The standard InChI is InChI=1S/C18H25N3O3S/c1-12(2)16(18(22)19-13-8-4-3-5-9-13)20-17-14-10-6-7-11-15(14)25(23,24)21-17/h6-7,10-13,16H,3-5,8-9H2,1-2H3,(H,19,22)(H,20,21). The number of sulfonamides is 1. The molecule has 1 amide bonds. The minimum absolute atomic E-state index is 0.0339. The smallest absolute Gasteiger partial charge is 0.263 e. The zero-order valence-electron chi connectivity index (χ0n) is 14.7. The lowest BCUT2D eigenvalue weighted by molar-refractivity contribution is -0.124. The summed E-state index contributed by atoms with van der Waals surface area (Å²) in [5, 5.41) is 3.10. The molecule has 0 radical (unpaired) electrons. The molecule has 7 heteroatoms. The van der Waals surface area contributed by atoms with Crippen LogP contribution in [0.5, 0.6) is 0 Å². The Labute approximate surface area is 149 Å². The predicted molar refractivity (Wildman–Crippen MR) is 96.9 cm³/mol. The van der Waals surface area contributed by atoms with E-state index in [9.17, 15) is 13.2 Å². The van der Waals surface area contributed by atoms with E-state index in [4.69, 9.17) is 0 Å². The normalized spacial score (nSPS) is 22.4. The highest BCUT2D eigenvalue weighted by atomic mass is 32.2. The molecule has 0 aromatic heterocycles. The number of hydrogen-bond donors (Lipinski definition) is 2. The zero-order chi connectivity index (χ0) is 18.0. The number of rotatable bonds is 4. The van der Waals surface area contributed by atoms with Crippen LogP contribution in [0.25, 0.3) is 0 Å². The molecule has 25 heavy (non-hydrogen) atoms. The Hall–Kier alpha value is -1.89. The number of carbonyl (C=O) groups excluding carboxylic acids is 1. The van der Waals surface area contributed by atoms with Crippen molar-refractivity contribution in [3.63, 3.8) is 0 Å². The Morgan fingerprint density at radius 1 is 1.20 bits per heavy atom. The second-order valence-corrected chi connectivity index (χ2v) is 8.76. The summed E-state index contributed by atoms with van der Waals surface area (Å²) in [6, 6.07) is 6.29. The third-order valence-corrected chi connectivity index (χ3v) is 6.18. The van der Waals surface area contributed by atoms with Gasteiger partial charge in [-0.05, 0) is 30.9 Å². The van der Waals surface area contributed by atoms with Crippen LogP contribution in [0.15, 0.2) is 34.2 Å². The second-order valence-electron chi connectivity index (χ2n) is 7.11. The molecule has 1 aromatic rings. The second kappa shape index (κ2) is 7.15. The molecule has 136 valence electrons. The van der Waals surface area contributed by atoms with Crippen molar-refractivity contribution in [2.24, 2.45) is 10.9 Å². The Kier molecular flexibility index (Phi) is 5.13. The predicted octanol–water partition coefficient (Wildman–Crippen LogP) is 2.20. The van der Waals surface area contributed by atoms with Gasteiger partial charge < -0.3 is 5.32 Å². The van der Waals surface area contributed by atoms with Gasteiger partial charge in [-0.2, -0.15) is 0 Å². The van der Waals surface area contributed by atoms with Crippen LogP contribution in [0, 0.1) is 5.92 Å². The number of hydrogen-bond acceptors (Lipinski definition) is 4. The number of amides is 1. The average molecular weight is 363 g/mol. The Bertz CT molecular complexity index is 781. The molecular formula is C18H25N3O3S. The summed E-state index contributed by atoms with van der Waals surface area (Å²) in [5.74, 6) is 0.0967. The number of nitrogens with one attached hydrogen (secondary N) is 2. The zero-order valence-corrected chi connectivity index (χ0v) is 15.5. The van der Waals surface area contributed by atoms with Gasteiger partial charge in [-0.3, -0.25) is 14.5 Å². The SMILES string of the molecule is CC(C)C(N=C1NS(=O)(=O)c2ccccc21)C(=O)NC1CCCCC1. The van der Waals surface area contributed by atoms with Gasteiger partial charge >= 0.3 is 0 Å². The van der Waals surface area contributed by atoms with Gasteiger partial charge in [0.05, 0.1) is 4.90 Å². The van der Waals surface area contributed by atoms with E-state index >= 15 is 0 Å². The van der Waals surface area contributed by atoms with E-state index in [1.165, 1.54) is 6.42 Å². The fourth-order valence-electron chi connectivity index (χ4n) is 3.41. The number of aliphatic imine (C=N–C) groups is 1. The first-order valence-electron chi connectivity index (χ1n) is 8.89. The summed E-state index contributed by atoms with van der Waals surface area (Å²) in [4.78, 5) is 17.4.